The van der Waals surface area contributed by atoms with Crippen molar-refractivity contribution in [1.29, 1.82) is 0 Å². The third-order valence-corrected chi connectivity index (χ3v) is 9.62. The third kappa shape index (κ3) is 5.15. The van der Waals surface area contributed by atoms with E-state index in [1.165, 1.54) is 37.6 Å². The number of rotatable bonds is 5. The van der Waals surface area contributed by atoms with E-state index in [4.69, 9.17) is 8.85 Å². The first-order chi connectivity index (χ1) is 13.0. The average Bonchev–Trinajstić information content (AvgIpc) is 2.97. The van der Waals surface area contributed by atoms with Crippen LogP contribution >= 0.6 is 0 Å². The molecule has 0 saturated heterocycles. The predicted octanol–water partition coefficient (Wildman–Crippen LogP) is -0.819. The zero-order valence-corrected chi connectivity index (χ0v) is 25.6. The molecule has 1 unspecified atom stereocenters. The maximum Gasteiger partial charge on any atom is 3.00 e. The van der Waals surface area contributed by atoms with Gasteiger partial charge in [0.15, 0.2) is 0 Å². The largest absolute Gasteiger partial charge is 3.00 e. The molecular weight excluding hydrogens is 541 g/mol. The normalized spacial score (nSPS) is 17.3. The summed E-state index contributed by atoms with van der Waals surface area (Å²) in [6.45, 7) is 18.6. The van der Waals surface area contributed by atoms with E-state index in [1.807, 2.05) is 0 Å². The molecule has 1 atom stereocenters. The summed E-state index contributed by atoms with van der Waals surface area (Å²) in [5.41, 5.74) is 1.13. The molecule has 0 fully saturated rings. The van der Waals surface area contributed by atoms with Crippen molar-refractivity contribution in [3.8, 4) is 5.75 Å². The van der Waals surface area contributed by atoms with Gasteiger partial charge in [-0.15, -0.1) is 28.3 Å². The predicted molar refractivity (Wildman–Crippen MR) is 127 cm³/mol. The molecule has 3 aromatic carbocycles. The second kappa shape index (κ2) is 9.56. The van der Waals surface area contributed by atoms with Gasteiger partial charge in [0.25, 0.3) is 0 Å². The molecule has 1 heterocycles. The minimum atomic E-state index is -2.05. The Morgan fingerprint density at radius 2 is 1.68 bits per heavy atom. The smallest absolute Gasteiger partial charge is 1.00 e. The molecule has 1 N–H and O–H groups in total. The molecule has 3 aromatic rings. The van der Waals surface area contributed by atoms with Crippen LogP contribution in [0.15, 0.2) is 30.3 Å². The van der Waals surface area contributed by atoms with Crippen LogP contribution in [0.3, 0.4) is 0 Å². The van der Waals surface area contributed by atoms with Crippen LogP contribution < -0.4 is 44.9 Å². The molecule has 1 radical (unpaired) electrons. The van der Waals surface area contributed by atoms with Crippen LogP contribution in [0.4, 0.5) is 5.69 Å². The number of anilines is 1. The minimum absolute atomic E-state index is 0. The number of fused-ring (bicyclic) bond motifs is 5. The molecule has 3 nitrogen and oxygen atoms in total. The van der Waals surface area contributed by atoms with Gasteiger partial charge in [-0.25, -0.2) is 0 Å². The molecule has 4 rings (SSSR count). The van der Waals surface area contributed by atoms with E-state index < -0.39 is 16.6 Å². The molecule has 8 heteroatoms. The van der Waals surface area contributed by atoms with Crippen LogP contribution in [0, 0.1) is 0 Å². The van der Waals surface area contributed by atoms with Crippen molar-refractivity contribution < 1.29 is 59.9 Å². The molecule has 0 saturated carbocycles. The van der Waals surface area contributed by atoms with Crippen LogP contribution in [0.25, 0.3) is 21.5 Å². The topological polar surface area (TPSA) is 30.5 Å². The van der Waals surface area contributed by atoms with E-state index in [0.717, 1.165) is 12.4 Å². The molecule has 0 amide bonds. The fraction of sp³-hybridized carbons (Fsp3) is 0.435. The molecule has 0 aliphatic carbocycles. The van der Waals surface area contributed by atoms with Crippen molar-refractivity contribution in [2.24, 2.45) is 0 Å². The van der Waals surface area contributed by atoms with Crippen LogP contribution in [0.5, 0.6) is 5.75 Å². The van der Waals surface area contributed by atoms with Crippen molar-refractivity contribution in [3.05, 3.63) is 30.3 Å². The summed E-state index contributed by atoms with van der Waals surface area (Å²) in [6.07, 6.45) is 0. The van der Waals surface area contributed by atoms with Crippen molar-refractivity contribution >= 4 is 54.2 Å². The van der Waals surface area contributed by atoms with E-state index >= 15 is 0 Å². The van der Waals surface area contributed by atoms with Crippen LogP contribution in [0.2, 0.25) is 26.2 Å². The molecular formula is C23H32Cl2NO2Si2Zr. The summed E-state index contributed by atoms with van der Waals surface area (Å²) < 4.78 is 13.2. The average molecular weight is 573 g/mol. The SMILES string of the molecule is CCO[Si]1(C)c2c(NC(C)(C)C)c(O[Si](C)(C)C)c3c([cH-]c4ccccc43)c21.[Cl-].[Cl-].[Zr+3]. The van der Waals surface area contributed by atoms with Gasteiger partial charge in [-0.05, 0) is 59.1 Å². The molecule has 31 heavy (non-hydrogen) atoms. The molecule has 0 spiro atoms. The first kappa shape index (κ1) is 28.8. The van der Waals surface area contributed by atoms with Gasteiger partial charge in [0.1, 0.15) is 0 Å². The van der Waals surface area contributed by atoms with Gasteiger partial charge in [0.2, 0.25) is 16.6 Å². The monoisotopic (exact) mass is 570 g/mol. The maximum atomic E-state index is 6.79. The Balaban J connectivity index is 0.00000160. The number of halogens is 2. The van der Waals surface area contributed by atoms with Gasteiger partial charge >= 0.3 is 26.2 Å². The Morgan fingerprint density at radius 3 is 2.23 bits per heavy atom. The van der Waals surface area contributed by atoms with Crippen LogP contribution in [0.1, 0.15) is 27.7 Å². The summed E-state index contributed by atoms with van der Waals surface area (Å²) in [7, 11) is -3.86. The Bertz CT molecular complexity index is 1090. The standard InChI is InChI=1S/C23H32NO2Si2.2ClH.Zr/c1-9-25-28(8)21-17-14-15-12-10-11-13-16(15)18(17)20(26-27(5,6)7)19(22(21)28)24-23(2,3)4;;;/h10-14,24H,9H2,1-8H3;2*1H;/q-1;;;+3/p-2. The first-order valence-corrected chi connectivity index (χ1v) is 16.1. The van der Waals surface area contributed by atoms with Gasteiger partial charge in [-0.2, -0.15) is 0 Å². The first-order valence-electron chi connectivity index (χ1n) is 10.3. The van der Waals surface area contributed by atoms with Crippen LogP contribution in [-0.4, -0.2) is 28.8 Å². The summed E-state index contributed by atoms with van der Waals surface area (Å²) in [6, 6.07) is 11.0. The summed E-state index contributed by atoms with van der Waals surface area (Å²) >= 11 is 0. The second-order valence-corrected chi connectivity index (χ2v) is 17.8. The molecule has 1 aliphatic rings. The van der Waals surface area contributed by atoms with Gasteiger partial charge < -0.3 is 39.0 Å². The van der Waals surface area contributed by atoms with Crippen molar-refractivity contribution in [3.63, 3.8) is 0 Å². The fourth-order valence-corrected chi connectivity index (χ4v) is 8.90. The van der Waals surface area contributed by atoms with Crippen LogP contribution in [-0.2, 0) is 30.6 Å². The Hall–Kier alpha value is -0.233. The molecule has 0 bridgehead atoms. The van der Waals surface area contributed by atoms with E-state index in [2.05, 4.69) is 89.5 Å². The van der Waals surface area contributed by atoms with Gasteiger partial charge in [0, 0.05) is 12.1 Å². The van der Waals surface area contributed by atoms with E-state index in [-0.39, 0.29) is 56.6 Å². The zero-order valence-electron chi connectivity index (χ0n) is 19.7. The fourth-order valence-electron chi connectivity index (χ4n) is 4.35. The Labute approximate surface area is 220 Å². The molecule has 0 aromatic heterocycles. The van der Waals surface area contributed by atoms with E-state index in [9.17, 15) is 0 Å². The Kier molecular flexibility index (Phi) is 8.88. The number of hydrogen-bond acceptors (Lipinski definition) is 3. The van der Waals surface area contributed by atoms with Crippen molar-refractivity contribution in [1.82, 2.24) is 0 Å². The summed E-state index contributed by atoms with van der Waals surface area (Å²) in [4.78, 5) is 0. The van der Waals surface area contributed by atoms with Crippen molar-refractivity contribution in [2.75, 3.05) is 11.9 Å². The van der Waals surface area contributed by atoms with E-state index in [1.54, 1.807) is 0 Å². The van der Waals surface area contributed by atoms with Gasteiger partial charge in [0.05, 0.1) is 11.4 Å². The van der Waals surface area contributed by atoms with Crippen molar-refractivity contribution in [2.45, 2.75) is 59.4 Å². The Morgan fingerprint density at radius 1 is 1.06 bits per heavy atom. The minimum Gasteiger partial charge on any atom is -1.00 e. The quantitative estimate of drug-likeness (QED) is 0.320. The third-order valence-electron chi connectivity index (χ3n) is 5.26. The summed E-state index contributed by atoms with van der Waals surface area (Å²) in [5, 5.41) is 11.8. The second-order valence-electron chi connectivity index (χ2n) is 10.0. The van der Waals surface area contributed by atoms with Gasteiger partial charge in [-0.1, -0.05) is 28.8 Å². The van der Waals surface area contributed by atoms with Gasteiger partial charge in [-0.3, -0.25) is 0 Å². The molecule has 167 valence electrons. The number of hydrogen-bond donors (Lipinski definition) is 1. The number of nitrogens with one attached hydrogen (secondary N) is 1. The molecule has 1 aliphatic heterocycles. The summed E-state index contributed by atoms with van der Waals surface area (Å²) in [5.74, 6) is 1.04. The number of benzene rings is 2. The van der Waals surface area contributed by atoms with E-state index in [0.29, 0.717) is 0 Å². The maximum absolute atomic E-state index is 6.79. The zero-order chi connectivity index (χ0) is 20.5.